The summed E-state index contributed by atoms with van der Waals surface area (Å²) in [6.45, 7) is 2.77. The number of hydrogen-bond donors (Lipinski definition) is 1. The van der Waals surface area contributed by atoms with Crippen molar-refractivity contribution in [2.75, 3.05) is 10.8 Å². The number of sulfonamides is 1. The maximum atomic E-state index is 14.4. The van der Waals surface area contributed by atoms with Crippen LogP contribution in [-0.2, 0) is 27.4 Å². The highest BCUT2D eigenvalue weighted by atomic mass is 35.5. The molecule has 4 rings (SSSR count). The predicted octanol–water partition coefficient (Wildman–Crippen LogP) is 6.31. The Balaban J connectivity index is 1.82. The molecule has 0 spiro atoms. The number of allylic oxidation sites excluding steroid dienone is 1. The summed E-state index contributed by atoms with van der Waals surface area (Å²) >= 11 is 6.18. The van der Waals surface area contributed by atoms with Crippen molar-refractivity contribution in [3.63, 3.8) is 0 Å². The minimum atomic E-state index is -4.73. The van der Waals surface area contributed by atoms with E-state index in [4.69, 9.17) is 11.6 Å². The Morgan fingerprint density at radius 1 is 1.08 bits per heavy atom. The highest BCUT2D eigenvalue weighted by Gasteiger charge is 2.36. The second-order valence-corrected chi connectivity index (χ2v) is 11.2. The molecule has 3 aromatic carbocycles. The van der Waals surface area contributed by atoms with Gasteiger partial charge in [0, 0.05) is 12.5 Å². The van der Waals surface area contributed by atoms with Crippen LogP contribution in [0, 0.1) is 5.82 Å². The van der Waals surface area contributed by atoms with E-state index in [1.165, 1.54) is 19.1 Å². The molecule has 0 aromatic heterocycles. The smallest absolute Gasteiger partial charge is 0.351 e. The van der Waals surface area contributed by atoms with Gasteiger partial charge in [-0.2, -0.15) is 13.2 Å². The van der Waals surface area contributed by atoms with Crippen molar-refractivity contribution in [1.29, 1.82) is 0 Å². The van der Waals surface area contributed by atoms with Gasteiger partial charge < -0.3 is 5.32 Å². The molecule has 0 saturated heterocycles. The molecule has 0 radical (unpaired) electrons. The van der Waals surface area contributed by atoms with Crippen molar-refractivity contribution in [3.8, 4) is 0 Å². The fourth-order valence-corrected chi connectivity index (χ4v) is 6.37. The molecule has 0 aliphatic carbocycles. The lowest BCUT2D eigenvalue weighted by molar-refractivity contribution is -0.137. The fourth-order valence-electron chi connectivity index (χ4n) is 4.47. The Hall–Kier alpha value is -3.37. The molecule has 11 heteroatoms. The first-order valence-corrected chi connectivity index (χ1v) is 13.3. The van der Waals surface area contributed by atoms with Crippen LogP contribution in [0.1, 0.15) is 36.1 Å². The fraction of sp³-hybridized carbons (Fsp3) is 0.222. The lowest BCUT2D eigenvalue weighted by atomic mass is 9.96. The van der Waals surface area contributed by atoms with Crippen molar-refractivity contribution in [2.45, 2.75) is 37.4 Å². The second-order valence-electron chi connectivity index (χ2n) is 8.98. The van der Waals surface area contributed by atoms with Crippen molar-refractivity contribution < 1.29 is 30.8 Å². The highest BCUT2D eigenvalue weighted by molar-refractivity contribution is 7.92. The molecule has 1 aliphatic rings. The zero-order valence-electron chi connectivity index (χ0n) is 20.3. The molecule has 38 heavy (non-hydrogen) atoms. The largest absolute Gasteiger partial charge is 0.416 e. The Kier molecular flexibility index (Phi) is 7.58. The monoisotopic (exact) mass is 566 g/mol. The standard InChI is InChI=1S/C27H23ClF4N2O3S/c1-16(26-23(28)7-4-8-24(26)29)11-18-9-10-19-13-21(33-17(2)35)15-34(25(19)12-18)38(36,37)22-6-3-5-20(14-22)27(30,31)32/h3-12,14,21H,13,15H2,1-2H3,(H,33,35)/b16-11+. The first-order valence-electron chi connectivity index (χ1n) is 11.5. The van der Waals surface area contributed by atoms with Gasteiger partial charge >= 0.3 is 6.18 Å². The highest BCUT2D eigenvalue weighted by Crippen LogP contribution is 2.36. The molecule has 1 aliphatic heterocycles. The molecule has 1 N–H and O–H groups in total. The van der Waals surface area contributed by atoms with E-state index >= 15 is 0 Å². The Bertz CT molecular complexity index is 1520. The lowest BCUT2D eigenvalue weighted by Crippen LogP contribution is -2.49. The van der Waals surface area contributed by atoms with Crippen LogP contribution >= 0.6 is 11.6 Å². The van der Waals surface area contributed by atoms with Crippen LogP contribution in [-0.4, -0.2) is 26.9 Å². The van der Waals surface area contributed by atoms with E-state index in [9.17, 15) is 30.8 Å². The van der Waals surface area contributed by atoms with Crippen LogP contribution < -0.4 is 9.62 Å². The minimum Gasteiger partial charge on any atom is -0.351 e. The number of fused-ring (bicyclic) bond motifs is 1. The summed E-state index contributed by atoms with van der Waals surface area (Å²) in [5.74, 6) is -0.886. The van der Waals surface area contributed by atoms with Crippen LogP contribution in [0.15, 0.2) is 65.6 Å². The molecule has 200 valence electrons. The topological polar surface area (TPSA) is 66.5 Å². The number of carbonyl (C=O) groups is 1. The average molecular weight is 567 g/mol. The van der Waals surface area contributed by atoms with E-state index in [-0.39, 0.29) is 28.7 Å². The molecule has 3 aromatic rings. The summed E-state index contributed by atoms with van der Waals surface area (Å²) in [7, 11) is -4.46. The van der Waals surface area contributed by atoms with Crippen LogP contribution in [0.2, 0.25) is 5.02 Å². The first kappa shape index (κ1) is 27.7. The van der Waals surface area contributed by atoms with E-state index in [0.717, 1.165) is 22.5 Å². The van der Waals surface area contributed by atoms with Gasteiger partial charge in [-0.25, -0.2) is 12.8 Å². The molecule has 0 bridgehead atoms. The number of halogens is 5. The van der Waals surface area contributed by atoms with Crippen LogP contribution in [0.5, 0.6) is 0 Å². The van der Waals surface area contributed by atoms with E-state index < -0.39 is 38.5 Å². The third kappa shape index (κ3) is 5.71. The molecule has 1 heterocycles. The maximum Gasteiger partial charge on any atom is 0.416 e. The number of anilines is 1. The van der Waals surface area contributed by atoms with Crippen molar-refractivity contribution in [2.24, 2.45) is 0 Å². The van der Waals surface area contributed by atoms with Gasteiger partial charge in [-0.05, 0) is 66.4 Å². The number of rotatable bonds is 5. The summed E-state index contributed by atoms with van der Waals surface area (Å²) in [4.78, 5) is 11.2. The van der Waals surface area contributed by atoms with Gasteiger partial charge in [-0.1, -0.05) is 41.9 Å². The number of nitrogens with zero attached hydrogens (tertiary/aromatic N) is 1. The quantitative estimate of drug-likeness (QED) is 0.290. The van der Waals surface area contributed by atoms with Gasteiger partial charge in [0.05, 0.1) is 33.8 Å². The predicted molar refractivity (Wildman–Crippen MR) is 139 cm³/mol. The SMILES string of the molecule is CC(=O)NC1Cc2ccc(/C=C(\C)c3c(F)cccc3Cl)cc2N(S(=O)(=O)c2cccc(C(F)(F)F)c2)C1. The van der Waals surface area contributed by atoms with Crippen LogP contribution in [0.4, 0.5) is 23.2 Å². The number of nitrogens with one attached hydrogen (secondary N) is 1. The van der Waals surface area contributed by atoms with Crippen molar-refractivity contribution in [1.82, 2.24) is 5.32 Å². The summed E-state index contributed by atoms with van der Waals surface area (Å²) in [6.07, 6.45) is -2.78. The molecule has 0 saturated carbocycles. The minimum absolute atomic E-state index is 0.184. The van der Waals surface area contributed by atoms with E-state index in [1.807, 2.05) is 0 Å². The summed E-state index contributed by atoms with van der Waals surface area (Å²) in [6, 6.07) is 12.2. The second kappa shape index (κ2) is 10.4. The van der Waals surface area contributed by atoms with Crippen molar-refractivity contribution >= 4 is 44.9 Å². The van der Waals surface area contributed by atoms with E-state index in [1.54, 1.807) is 37.3 Å². The van der Waals surface area contributed by atoms with Gasteiger partial charge in [0.25, 0.3) is 10.0 Å². The number of carbonyl (C=O) groups excluding carboxylic acids is 1. The molecule has 1 unspecified atom stereocenters. The third-order valence-corrected chi connectivity index (χ3v) is 8.22. The zero-order chi connectivity index (χ0) is 27.8. The summed E-state index contributed by atoms with van der Waals surface area (Å²) < 4.78 is 82.7. The maximum absolute atomic E-state index is 14.4. The van der Waals surface area contributed by atoms with Gasteiger partial charge in [0.2, 0.25) is 5.91 Å². The third-order valence-electron chi connectivity index (χ3n) is 6.13. The van der Waals surface area contributed by atoms with Crippen LogP contribution in [0.25, 0.3) is 11.6 Å². The normalized spacial score (nSPS) is 16.2. The number of hydrogen-bond acceptors (Lipinski definition) is 3. The van der Waals surface area contributed by atoms with Crippen molar-refractivity contribution in [3.05, 3.63) is 93.8 Å². The summed E-state index contributed by atoms with van der Waals surface area (Å²) in [5.41, 5.74) is 0.957. The van der Waals surface area contributed by atoms with Gasteiger partial charge in [0.15, 0.2) is 0 Å². The first-order chi connectivity index (χ1) is 17.8. The van der Waals surface area contributed by atoms with Gasteiger partial charge in [-0.15, -0.1) is 0 Å². The number of amides is 1. The van der Waals surface area contributed by atoms with Gasteiger partial charge in [0.1, 0.15) is 5.82 Å². The molecular weight excluding hydrogens is 544 g/mol. The number of alkyl halides is 3. The average Bonchev–Trinajstić information content (AvgIpc) is 2.83. The zero-order valence-corrected chi connectivity index (χ0v) is 21.9. The number of benzene rings is 3. The van der Waals surface area contributed by atoms with E-state index in [0.29, 0.717) is 29.2 Å². The molecule has 5 nitrogen and oxygen atoms in total. The molecule has 0 fully saturated rings. The molecule has 1 atom stereocenters. The lowest BCUT2D eigenvalue weighted by Gasteiger charge is -2.35. The Morgan fingerprint density at radius 3 is 2.45 bits per heavy atom. The Morgan fingerprint density at radius 2 is 1.79 bits per heavy atom. The summed E-state index contributed by atoms with van der Waals surface area (Å²) in [5, 5.41) is 2.91. The van der Waals surface area contributed by atoms with Crippen LogP contribution in [0.3, 0.4) is 0 Å². The Labute approximate surface area is 222 Å². The van der Waals surface area contributed by atoms with Gasteiger partial charge in [-0.3, -0.25) is 9.10 Å². The molecular formula is C27H23ClF4N2O3S. The van der Waals surface area contributed by atoms with E-state index in [2.05, 4.69) is 5.32 Å². The molecule has 1 amide bonds.